The number of carbonyl (C=O) groups excluding carboxylic acids is 2. The number of benzene rings is 1. The standard InChI is InChI=1S/C23H29N3O4S/c1-29-19-12-18(13-20(14-19)30-2)23(28)25-9-5-16(6-10-25)22(27)26-8-3-4-17(15-26)21-24-7-11-31-21/h7,11-14,16-17H,3-6,8-10,15H2,1-2H3. The van der Waals surface area contributed by atoms with E-state index in [0.717, 1.165) is 30.9 Å². The molecule has 1 aromatic heterocycles. The maximum absolute atomic E-state index is 13.2. The highest BCUT2D eigenvalue weighted by Crippen LogP contribution is 2.31. The van der Waals surface area contributed by atoms with Crippen molar-refractivity contribution in [2.75, 3.05) is 40.4 Å². The van der Waals surface area contributed by atoms with Crippen molar-refractivity contribution in [1.82, 2.24) is 14.8 Å². The predicted molar refractivity (Wildman–Crippen MR) is 119 cm³/mol. The molecule has 8 heteroatoms. The Labute approximate surface area is 187 Å². The van der Waals surface area contributed by atoms with Gasteiger partial charge in [-0.15, -0.1) is 11.3 Å². The first-order chi connectivity index (χ1) is 15.1. The summed E-state index contributed by atoms with van der Waals surface area (Å²) in [7, 11) is 3.14. The Morgan fingerprint density at radius 1 is 1.00 bits per heavy atom. The highest BCUT2D eigenvalue weighted by atomic mass is 32.1. The highest BCUT2D eigenvalue weighted by molar-refractivity contribution is 7.09. The molecule has 2 fully saturated rings. The number of hydrogen-bond donors (Lipinski definition) is 0. The molecule has 0 aliphatic carbocycles. The second-order valence-corrected chi connectivity index (χ2v) is 9.09. The van der Waals surface area contributed by atoms with Crippen molar-refractivity contribution in [3.05, 3.63) is 40.3 Å². The first kappa shape index (κ1) is 21.6. The van der Waals surface area contributed by atoms with E-state index in [9.17, 15) is 9.59 Å². The van der Waals surface area contributed by atoms with Crippen LogP contribution in [0.2, 0.25) is 0 Å². The van der Waals surface area contributed by atoms with Crippen LogP contribution in [0.4, 0.5) is 0 Å². The van der Waals surface area contributed by atoms with Gasteiger partial charge in [0.25, 0.3) is 5.91 Å². The molecule has 0 radical (unpaired) electrons. The van der Waals surface area contributed by atoms with Crippen LogP contribution in [0.25, 0.3) is 0 Å². The fourth-order valence-corrected chi connectivity index (χ4v) is 5.28. The smallest absolute Gasteiger partial charge is 0.254 e. The summed E-state index contributed by atoms with van der Waals surface area (Å²) >= 11 is 1.67. The molecule has 2 aliphatic heterocycles. The molecule has 0 bridgehead atoms. The van der Waals surface area contributed by atoms with Gasteiger partial charge in [-0.2, -0.15) is 0 Å². The molecular formula is C23H29N3O4S. The largest absolute Gasteiger partial charge is 0.497 e. The van der Waals surface area contributed by atoms with E-state index in [2.05, 4.69) is 4.98 Å². The molecular weight excluding hydrogens is 414 g/mol. The van der Waals surface area contributed by atoms with E-state index in [-0.39, 0.29) is 17.7 Å². The minimum atomic E-state index is -0.0510. The Bertz CT molecular complexity index is 887. The number of nitrogens with zero attached hydrogens (tertiary/aromatic N) is 3. The van der Waals surface area contributed by atoms with Crippen LogP contribution in [-0.2, 0) is 4.79 Å². The minimum Gasteiger partial charge on any atom is -0.497 e. The van der Waals surface area contributed by atoms with Gasteiger partial charge in [0.1, 0.15) is 11.5 Å². The number of methoxy groups -OCH3 is 2. The van der Waals surface area contributed by atoms with E-state index in [4.69, 9.17) is 9.47 Å². The number of hydrogen-bond acceptors (Lipinski definition) is 6. The third-order valence-corrected chi connectivity index (χ3v) is 7.20. The molecule has 0 spiro atoms. The lowest BCUT2D eigenvalue weighted by atomic mass is 9.92. The predicted octanol–water partition coefficient (Wildman–Crippen LogP) is 3.42. The van der Waals surface area contributed by atoms with E-state index in [1.807, 2.05) is 21.4 Å². The second kappa shape index (κ2) is 9.68. The Kier molecular flexibility index (Phi) is 6.75. The van der Waals surface area contributed by atoms with E-state index in [1.165, 1.54) is 0 Å². The summed E-state index contributed by atoms with van der Waals surface area (Å²) in [5, 5.41) is 3.13. The van der Waals surface area contributed by atoms with Gasteiger partial charge in [-0.1, -0.05) is 0 Å². The molecule has 2 aliphatic rings. The number of rotatable bonds is 5. The topological polar surface area (TPSA) is 72.0 Å². The van der Waals surface area contributed by atoms with Crippen LogP contribution < -0.4 is 9.47 Å². The summed E-state index contributed by atoms with van der Waals surface area (Å²) in [6, 6.07) is 5.21. The van der Waals surface area contributed by atoms with Crippen molar-refractivity contribution >= 4 is 23.2 Å². The number of carbonyl (C=O) groups is 2. The van der Waals surface area contributed by atoms with Crippen molar-refractivity contribution in [1.29, 1.82) is 0 Å². The molecule has 4 rings (SSSR count). The van der Waals surface area contributed by atoms with Gasteiger partial charge in [0.15, 0.2) is 0 Å². The van der Waals surface area contributed by atoms with Gasteiger partial charge in [-0.25, -0.2) is 4.98 Å². The maximum Gasteiger partial charge on any atom is 0.254 e. The maximum atomic E-state index is 13.2. The first-order valence-electron chi connectivity index (χ1n) is 10.8. The summed E-state index contributed by atoms with van der Waals surface area (Å²) in [4.78, 5) is 34.4. The lowest BCUT2D eigenvalue weighted by Gasteiger charge is -2.37. The molecule has 1 unspecified atom stereocenters. The summed E-state index contributed by atoms with van der Waals surface area (Å²) in [6.07, 6.45) is 5.35. The van der Waals surface area contributed by atoms with Gasteiger partial charge in [-0.3, -0.25) is 9.59 Å². The Hall–Kier alpha value is -2.61. The van der Waals surface area contributed by atoms with Crippen LogP contribution in [0, 0.1) is 5.92 Å². The molecule has 1 aromatic carbocycles. The molecule has 2 saturated heterocycles. The lowest BCUT2D eigenvalue weighted by molar-refractivity contribution is -0.138. The molecule has 2 amide bonds. The molecule has 0 saturated carbocycles. The summed E-state index contributed by atoms with van der Waals surface area (Å²) in [5.74, 6) is 1.70. The van der Waals surface area contributed by atoms with Crippen LogP contribution in [0.1, 0.15) is 47.0 Å². The van der Waals surface area contributed by atoms with Crippen LogP contribution in [-0.4, -0.2) is 67.0 Å². The van der Waals surface area contributed by atoms with Gasteiger partial charge < -0.3 is 19.3 Å². The Morgan fingerprint density at radius 2 is 1.71 bits per heavy atom. The van der Waals surface area contributed by atoms with Crippen LogP contribution in [0.5, 0.6) is 11.5 Å². The van der Waals surface area contributed by atoms with Crippen LogP contribution in [0.3, 0.4) is 0 Å². The zero-order chi connectivity index (χ0) is 21.8. The number of likely N-dealkylation sites (tertiary alicyclic amines) is 2. The summed E-state index contributed by atoms with van der Waals surface area (Å²) in [6.45, 7) is 2.75. The first-order valence-corrected chi connectivity index (χ1v) is 11.7. The zero-order valence-electron chi connectivity index (χ0n) is 18.1. The lowest BCUT2D eigenvalue weighted by Crippen LogP contribution is -2.46. The summed E-state index contributed by atoms with van der Waals surface area (Å²) < 4.78 is 10.6. The van der Waals surface area contributed by atoms with Crippen LogP contribution >= 0.6 is 11.3 Å². The Morgan fingerprint density at radius 3 is 2.32 bits per heavy atom. The van der Waals surface area contributed by atoms with Crippen molar-refractivity contribution < 1.29 is 19.1 Å². The average molecular weight is 444 g/mol. The van der Waals surface area contributed by atoms with E-state index < -0.39 is 0 Å². The fourth-order valence-electron chi connectivity index (χ4n) is 4.52. The quantitative estimate of drug-likeness (QED) is 0.708. The Balaban J connectivity index is 1.35. The SMILES string of the molecule is COc1cc(OC)cc(C(=O)N2CCC(C(=O)N3CCCC(c4nccs4)C3)CC2)c1. The number of amides is 2. The van der Waals surface area contributed by atoms with Crippen molar-refractivity contribution in [2.45, 2.75) is 31.6 Å². The minimum absolute atomic E-state index is 0.0149. The molecule has 1 atom stereocenters. The fraction of sp³-hybridized carbons (Fsp3) is 0.522. The van der Waals surface area contributed by atoms with Crippen molar-refractivity contribution in [2.24, 2.45) is 5.92 Å². The molecule has 0 N–H and O–H groups in total. The second-order valence-electron chi connectivity index (χ2n) is 8.16. The van der Waals surface area contributed by atoms with E-state index >= 15 is 0 Å². The molecule has 2 aromatic rings. The van der Waals surface area contributed by atoms with Crippen molar-refractivity contribution in [3.63, 3.8) is 0 Å². The van der Waals surface area contributed by atoms with Gasteiger partial charge in [0, 0.05) is 61.2 Å². The van der Waals surface area contributed by atoms with Gasteiger partial charge >= 0.3 is 0 Å². The molecule has 166 valence electrons. The monoisotopic (exact) mass is 443 g/mol. The van der Waals surface area contributed by atoms with Gasteiger partial charge in [0.2, 0.25) is 5.91 Å². The molecule has 7 nitrogen and oxygen atoms in total. The van der Waals surface area contributed by atoms with Gasteiger partial charge in [-0.05, 0) is 37.8 Å². The third-order valence-electron chi connectivity index (χ3n) is 6.26. The van der Waals surface area contributed by atoms with E-state index in [1.54, 1.807) is 43.8 Å². The van der Waals surface area contributed by atoms with Crippen molar-refractivity contribution in [3.8, 4) is 11.5 Å². The normalized spacial score (nSPS) is 19.9. The average Bonchev–Trinajstić information content (AvgIpc) is 3.38. The zero-order valence-corrected chi connectivity index (χ0v) is 18.9. The van der Waals surface area contributed by atoms with Crippen LogP contribution in [0.15, 0.2) is 29.8 Å². The third kappa shape index (κ3) is 4.84. The van der Waals surface area contributed by atoms with E-state index in [0.29, 0.717) is 48.9 Å². The molecule has 31 heavy (non-hydrogen) atoms. The summed E-state index contributed by atoms with van der Waals surface area (Å²) in [5.41, 5.74) is 0.545. The highest BCUT2D eigenvalue weighted by Gasteiger charge is 2.33. The number of thiazole rings is 1. The number of ether oxygens (including phenoxy) is 2. The molecule has 3 heterocycles. The van der Waals surface area contributed by atoms with Gasteiger partial charge in [0.05, 0.1) is 19.2 Å². The number of piperidine rings is 2. The number of aromatic nitrogens is 1.